The molecular weight excluding hydrogens is 358 g/mol. The molecule has 0 unspecified atom stereocenters. The van der Waals surface area contributed by atoms with E-state index in [1.807, 2.05) is 51.1 Å². The first-order chi connectivity index (χ1) is 13.3. The molecule has 1 heterocycles. The van der Waals surface area contributed by atoms with Gasteiger partial charge in [-0.25, -0.2) is 4.79 Å². The molecule has 0 spiro atoms. The zero-order valence-electron chi connectivity index (χ0n) is 17.0. The third-order valence-corrected chi connectivity index (χ3v) is 5.33. The Morgan fingerprint density at radius 2 is 1.96 bits per heavy atom. The highest BCUT2D eigenvalue weighted by Gasteiger charge is 2.46. The van der Waals surface area contributed by atoms with E-state index in [4.69, 9.17) is 9.47 Å². The van der Waals surface area contributed by atoms with E-state index in [9.17, 15) is 14.7 Å². The van der Waals surface area contributed by atoms with Crippen LogP contribution in [0, 0.1) is 11.8 Å². The predicted octanol–water partition coefficient (Wildman–Crippen LogP) is 3.64. The van der Waals surface area contributed by atoms with E-state index in [-0.39, 0.29) is 30.3 Å². The van der Waals surface area contributed by atoms with Crippen molar-refractivity contribution in [3.63, 3.8) is 0 Å². The molecule has 3 rings (SSSR count). The van der Waals surface area contributed by atoms with Gasteiger partial charge in [0.05, 0.1) is 24.8 Å². The number of aliphatic hydroxyl groups excluding tert-OH is 1. The number of aliphatic hydroxyl groups is 1. The quantitative estimate of drug-likeness (QED) is 0.633. The summed E-state index contributed by atoms with van der Waals surface area (Å²) < 4.78 is 10.9. The van der Waals surface area contributed by atoms with Gasteiger partial charge in [0.1, 0.15) is 5.60 Å². The lowest BCUT2D eigenvalue weighted by Crippen LogP contribution is -2.48. The van der Waals surface area contributed by atoms with Crippen LogP contribution < -0.4 is 4.90 Å². The Hall–Kier alpha value is -2.34. The second-order valence-electron chi connectivity index (χ2n) is 8.31. The molecule has 6 heteroatoms. The van der Waals surface area contributed by atoms with Crippen molar-refractivity contribution in [2.45, 2.75) is 45.6 Å². The number of nitrogens with zero attached hydrogens (tertiary/aromatic N) is 1. The molecule has 1 aromatic carbocycles. The number of carbonyl (C=O) groups excluding carboxylic acids is 2. The molecule has 6 nitrogen and oxygen atoms in total. The lowest BCUT2D eigenvalue weighted by atomic mass is 9.66. The Labute approximate surface area is 166 Å². The summed E-state index contributed by atoms with van der Waals surface area (Å²) >= 11 is 0. The number of carbonyl (C=O) groups is 2. The molecule has 0 radical (unpaired) electrons. The van der Waals surface area contributed by atoms with E-state index in [0.717, 1.165) is 16.8 Å². The average Bonchev–Trinajstić information content (AvgIpc) is 2.65. The van der Waals surface area contributed by atoms with Crippen LogP contribution in [-0.2, 0) is 14.3 Å². The molecule has 2 aliphatic rings. The molecule has 0 bridgehead atoms. The van der Waals surface area contributed by atoms with Crippen LogP contribution in [-0.4, -0.2) is 42.5 Å². The maximum atomic E-state index is 12.9. The van der Waals surface area contributed by atoms with Crippen molar-refractivity contribution in [1.82, 2.24) is 0 Å². The maximum Gasteiger partial charge on any atom is 0.414 e. The van der Waals surface area contributed by atoms with Crippen LogP contribution in [0.5, 0.6) is 0 Å². The average molecular weight is 387 g/mol. The summed E-state index contributed by atoms with van der Waals surface area (Å²) in [4.78, 5) is 27.2. The predicted molar refractivity (Wildman–Crippen MR) is 106 cm³/mol. The van der Waals surface area contributed by atoms with Crippen LogP contribution in [0.1, 0.15) is 45.6 Å². The third kappa shape index (κ3) is 3.92. The Bertz CT molecular complexity index is 779. The molecule has 152 valence electrons. The molecule has 1 N–H and O–H groups in total. The Morgan fingerprint density at radius 3 is 2.61 bits per heavy atom. The van der Waals surface area contributed by atoms with Gasteiger partial charge in [-0.1, -0.05) is 24.3 Å². The minimum Gasteiger partial charge on any atom is -0.466 e. The third-order valence-electron chi connectivity index (χ3n) is 5.33. The van der Waals surface area contributed by atoms with Gasteiger partial charge in [0.25, 0.3) is 0 Å². The van der Waals surface area contributed by atoms with Gasteiger partial charge in [-0.2, -0.15) is 0 Å². The summed E-state index contributed by atoms with van der Waals surface area (Å²) in [7, 11) is 0. The first kappa shape index (κ1) is 20.4. The van der Waals surface area contributed by atoms with E-state index in [1.165, 1.54) is 0 Å². The molecule has 0 saturated carbocycles. The summed E-state index contributed by atoms with van der Waals surface area (Å²) in [5.41, 5.74) is 1.92. The number of hydrogen-bond acceptors (Lipinski definition) is 5. The minimum absolute atomic E-state index is 0.0962. The highest BCUT2D eigenvalue weighted by molar-refractivity contribution is 5.90. The summed E-state index contributed by atoms with van der Waals surface area (Å²) in [5, 5.41) is 9.90. The first-order valence-electron chi connectivity index (χ1n) is 9.82. The molecule has 1 aliphatic heterocycles. The summed E-state index contributed by atoms with van der Waals surface area (Å²) in [6.45, 7) is 7.89. The van der Waals surface area contributed by atoms with Crippen molar-refractivity contribution >= 4 is 17.7 Å². The fourth-order valence-electron chi connectivity index (χ4n) is 4.23. The molecule has 3 atom stereocenters. The Morgan fingerprint density at radius 1 is 1.25 bits per heavy atom. The smallest absolute Gasteiger partial charge is 0.414 e. The SMILES string of the molecule is CCOC(=O)[C@H]1CC=C(CO)[C@H]2CN(C(=O)OC(C)(C)C)c3ccccc3[C@H]12. The molecule has 0 aromatic heterocycles. The first-order valence-corrected chi connectivity index (χ1v) is 9.82. The summed E-state index contributed by atoms with van der Waals surface area (Å²) in [6, 6.07) is 7.62. The van der Waals surface area contributed by atoms with Crippen LogP contribution >= 0.6 is 0 Å². The number of anilines is 1. The van der Waals surface area contributed by atoms with E-state index in [1.54, 1.807) is 11.8 Å². The highest BCUT2D eigenvalue weighted by Crippen LogP contribution is 2.49. The minimum atomic E-state index is -0.613. The van der Waals surface area contributed by atoms with Crippen LogP contribution in [0.25, 0.3) is 0 Å². The maximum absolute atomic E-state index is 12.9. The molecule has 1 aliphatic carbocycles. The van der Waals surface area contributed by atoms with Crippen molar-refractivity contribution in [1.29, 1.82) is 0 Å². The lowest BCUT2D eigenvalue weighted by molar-refractivity contribution is -0.149. The van der Waals surface area contributed by atoms with Gasteiger partial charge in [0, 0.05) is 18.4 Å². The molecule has 28 heavy (non-hydrogen) atoms. The normalized spacial score (nSPS) is 24.0. The molecule has 0 saturated heterocycles. The van der Waals surface area contributed by atoms with Gasteiger partial charge in [-0.05, 0) is 51.3 Å². The fraction of sp³-hybridized carbons (Fsp3) is 0.545. The van der Waals surface area contributed by atoms with Crippen molar-refractivity contribution in [2.75, 3.05) is 24.7 Å². The van der Waals surface area contributed by atoms with Gasteiger partial charge >= 0.3 is 12.1 Å². The van der Waals surface area contributed by atoms with E-state index in [2.05, 4.69) is 0 Å². The largest absolute Gasteiger partial charge is 0.466 e. The lowest BCUT2D eigenvalue weighted by Gasteiger charge is -2.45. The zero-order chi connectivity index (χ0) is 20.5. The Balaban J connectivity index is 2.05. The molecular formula is C22H29NO5. The van der Waals surface area contributed by atoms with Gasteiger partial charge < -0.3 is 14.6 Å². The van der Waals surface area contributed by atoms with Crippen LogP contribution in [0.2, 0.25) is 0 Å². The summed E-state index contributed by atoms with van der Waals surface area (Å²) in [6.07, 6.45) is 2.02. The van der Waals surface area contributed by atoms with Crippen LogP contribution in [0.15, 0.2) is 35.9 Å². The monoisotopic (exact) mass is 387 g/mol. The molecule has 1 amide bonds. The Kier molecular flexibility index (Phi) is 5.79. The van der Waals surface area contributed by atoms with Gasteiger partial charge in [-0.15, -0.1) is 0 Å². The molecule has 0 fully saturated rings. The number of allylic oxidation sites excluding steroid dienone is 1. The number of benzene rings is 1. The number of rotatable bonds is 3. The van der Waals surface area contributed by atoms with Crippen molar-refractivity contribution < 1.29 is 24.2 Å². The highest BCUT2D eigenvalue weighted by atomic mass is 16.6. The van der Waals surface area contributed by atoms with Gasteiger partial charge in [0.2, 0.25) is 0 Å². The standard InChI is InChI=1S/C22H29NO5/c1-5-27-20(25)16-11-10-14(13-24)17-12-23(21(26)28-22(2,3)4)18-9-7-6-8-15(18)19(16)17/h6-10,16-17,19,24H,5,11-13H2,1-4H3/t16-,17+,19+/m0/s1. The summed E-state index contributed by atoms with van der Waals surface area (Å²) in [5.74, 6) is -0.856. The van der Waals surface area contributed by atoms with Gasteiger partial charge in [0.15, 0.2) is 0 Å². The number of fused-ring (bicyclic) bond motifs is 3. The molecule has 1 aromatic rings. The van der Waals surface area contributed by atoms with Crippen molar-refractivity contribution in [3.8, 4) is 0 Å². The van der Waals surface area contributed by atoms with Crippen molar-refractivity contribution in [2.24, 2.45) is 11.8 Å². The van der Waals surface area contributed by atoms with Crippen molar-refractivity contribution in [3.05, 3.63) is 41.5 Å². The number of amides is 1. The fourth-order valence-corrected chi connectivity index (χ4v) is 4.23. The number of esters is 1. The second kappa shape index (κ2) is 7.95. The van der Waals surface area contributed by atoms with E-state index < -0.39 is 11.7 Å². The van der Waals surface area contributed by atoms with Crippen LogP contribution in [0.3, 0.4) is 0 Å². The van der Waals surface area contributed by atoms with Crippen LogP contribution in [0.4, 0.5) is 10.5 Å². The number of ether oxygens (including phenoxy) is 2. The zero-order valence-corrected chi connectivity index (χ0v) is 17.0. The van der Waals surface area contributed by atoms with E-state index >= 15 is 0 Å². The second-order valence-corrected chi connectivity index (χ2v) is 8.31. The number of hydrogen-bond donors (Lipinski definition) is 1. The van der Waals surface area contributed by atoms with E-state index in [0.29, 0.717) is 19.6 Å². The number of para-hydroxylation sites is 1. The van der Waals surface area contributed by atoms with Gasteiger partial charge in [-0.3, -0.25) is 9.69 Å². The topological polar surface area (TPSA) is 76.1 Å².